The zero-order valence-electron chi connectivity index (χ0n) is 30.1. The van der Waals surface area contributed by atoms with Crippen molar-refractivity contribution in [3.05, 3.63) is 217 Å². The first kappa shape index (κ1) is 32.3. The van der Waals surface area contributed by atoms with Gasteiger partial charge in [-0.15, -0.1) is 0 Å². The maximum Gasteiger partial charge on any atom is 0.135 e. The lowest BCUT2D eigenvalue weighted by Gasteiger charge is -2.25. The highest BCUT2D eigenvalue weighted by Gasteiger charge is 2.21. The first-order valence-electron chi connectivity index (χ1n) is 18.7. The average Bonchev–Trinajstić information content (AvgIpc) is 3.80. The fourth-order valence-corrected chi connectivity index (χ4v) is 7.83. The number of rotatable bonds is 8. The molecule has 3 heteroatoms. The number of nitrogens with zero attached hydrogens (tertiary/aromatic N) is 2. The summed E-state index contributed by atoms with van der Waals surface area (Å²) in [4.78, 5) is 2.30. The van der Waals surface area contributed by atoms with Gasteiger partial charge >= 0.3 is 0 Å². The van der Waals surface area contributed by atoms with Crippen molar-refractivity contribution in [3.63, 3.8) is 0 Å². The van der Waals surface area contributed by atoms with Crippen LogP contribution in [-0.2, 0) is 0 Å². The third-order valence-electron chi connectivity index (χ3n) is 10.4. The van der Waals surface area contributed by atoms with Gasteiger partial charge in [0, 0.05) is 44.5 Å². The van der Waals surface area contributed by atoms with Gasteiger partial charge in [0.2, 0.25) is 0 Å². The Bertz CT molecular complexity index is 2940. The Kier molecular flexibility index (Phi) is 8.16. The van der Waals surface area contributed by atoms with Crippen molar-refractivity contribution < 1.29 is 4.42 Å². The number of para-hydroxylation sites is 3. The molecule has 0 aliphatic rings. The summed E-state index contributed by atoms with van der Waals surface area (Å²) in [7, 11) is 0. The molecule has 0 radical (unpaired) electrons. The normalized spacial score (nSPS) is 11.6. The lowest BCUT2D eigenvalue weighted by molar-refractivity contribution is 0.669. The van der Waals surface area contributed by atoms with Gasteiger partial charge in [0.25, 0.3) is 0 Å². The van der Waals surface area contributed by atoms with Crippen molar-refractivity contribution in [2.45, 2.75) is 0 Å². The van der Waals surface area contributed by atoms with Crippen molar-refractivity contribution in [1.82, 2.24) is 4.57 Å². The van der Waals surface area contributed by atoms with Crippen molar-refractivity contribution in [1.29, 1.82) is 0 Å². The van der Waals surface area contributed by atoms with Crippen LogP contribution in [0.2, 0.25) is 0 Å². The van der Waals surface area contributed by atoms with E-state index in [0.717, 1.165) is 55.8 Å². The van der Waals surface area contributed by atoms with E-state index in [1.54, 1.807) is 0 Å². The fourth-order valence-electron chi connectivity index (χ4n) is 7.83. The molecule has 2 aromatic heterocycles. The van der Waals surface area contributed by atoms with Crippen LogP contribution in [-0.4, -0.2) is 4.57 Å². The van der Waals surface area contributed by atoms with E-state index in [1.165, 1.54) is 33.3 Å². The highest BCUT2D eigenvalue weighted by molar-refractivity contribution is 6.07. The molecule has 0 N–H and O–H groups in total. The molecule has 8 aromatic carbocycles. The third-order valence-corrected chi connectivity index (χ3v) is 10.4. The topological polar surface area (TPSA) is 21.3 Å². The van der Waals surface area contributed by atoms with Gasteiger partial charge in [0.05, 0.1) is 11.2 Å². The van der Waals surface area contributed by atoms with Gasteiger partial charge < -0.3 is 13.9 Å². The van der Waals surface area contributed by atoms with Gasteiger partial charge in [-0.05, 0) is 95.1 Å². The summed E-state index contributed by atoms with van der Waals surface area (Å²) < 4.78 is 8.56. The van der Waals surface area contributed by atoms with Crippen molar-refractivity contribution in [3.8, 4) is 28.1 Å². The van der Waals surface area contributed by atoms with Crippen LogP contribution >= 0.6 is 0 Å². The maximum atomic E-state index is 6.15. The van der Waals surface area contributed by atoms with Crippen molar-refractivity contribution >= 4 is 62.1 Å². The Morgan fingerprint density at radius 2 is 0.964 bits per heavy atom. The number of anilines is 3. The quantitative estimate of drug-likeness (QED) is 0.147. The molecule has 55 heavy (non-hydrogen) atoms. The molecule has 0 saturated heterocycles. The summed E-state index contributed by atoms with van der Waals surface area (Å²) in [5, 5.41) is 3.44. The zero-order valence-corrected chi connectivity index (χ0v) is 30.1. The Balaban J connectivity index is 1.04. The molecule has 0 atom stereocenters. The number of hydrogen-bond donors (Lipinski definition) is 0. The molecule has 2 heterocycles. The second-order valence-electron chi connectivity index (χ2n) is 13.8. The molecule has 0 unspecified atom stereocenters. The molecule has 10 rings (SSSR count). The molecule has 0 spiro atoms. The van der Waals surface area contributed by atoms with Crippen LogP contribution in [0.25, 0.3) is 73.1 Å². The maximum absolute atomic E-state index is 6.15. The minimum Gasteiger partial charge on any atom is -0.456 e. The highest BCUT2D eigenvalue weighted by atomic mass is 16.3. The first-order valence-corrected chi connectivity index (χ1v) is 18.7. The number of aromatic nitrogens is 1. The number of hydrogen-bond acceptors (Lipinski definition) is 2. The minimum absolute atomic E-state index is 0.889. The molecule has 0 aliphatic heterocycles. The second kappa shape index (κ2) is 13.9. The van der Waals surface area contributed by atoms with Gasteiger partial charge in [0.15, 0.2) is 0 Å². The summed E-state index contributed by atoms with van der Waals surface area (Å²) in [5.41, 5.74) is 14.4. The van der Waals surface area contributed by atoms with E-state index in [9.17, 15) is 0 Å². The van der Waals surface area contributed by atoms with Crippen LogP contribution < -0.4 is 4.90 Å². The van der Waals surface area contributed by atoms with Crippen LogP contribution in [0.4, 0.5) is 17.1 Å². The van der Waals surface area contributed by atoms with E-state index in [4.69, 9.17) is 4.42 Å². The van der Waals surface area contributed by atoms with Crippen LogP contribution in [0.5, 0.6) is 0 Å². The fraction of sp³-hybridized carbons (Fsp3) is 0. The molecule has 260 valence electrons. The summed E-state index contributed by atoms with van der Waals surface area (Å²) in [5.74, 6) is 0. The summed E-state index contributed by atoms with van der Waals surface area (Å²) in [6, 6.07) is 73.0. The lowest BCUT2D eigenvalue weighted by atomic mass is 9.97. The van der Waals surface area contributed by atoms with E-state index >= 15 is 0 Å². The highest BCUT2D eigenvalue weighted by Crippen LogP contribution is 2.43. The van der Waals surface area contributed by atoms with Gasteiger partial charge in [-0.3, -0.25) is 0 Å². The first-order chi connectivity index (χ1) is 27.3. The van der Waals surface area contributed by atoms with Crippen LogP contribution in [0.15, 0.2) is 211 Å². The number of fused-ring (bicyclic) bond motifs is 4. The molecular formula is C52H36N2O. The summed E-state index contributed by atoms with van der Waals surface area (Å²) in [6.45, 7) is 0. The molecule has 0 saturated carbocycles. The van der Waals surface area contributed by atoms with Gasteiger partial charge in [-0.2, -0.15) is 0 Å². The SMILES string of the molecule is C(=Cc1ccc2c(c1)c(-c1ccccc1)c(-c1ccccc1)n2-c1ccccc1)c1ccc(N(c2ccccc2)c2ccc3oc4ccccc4c3c2)cc1. The Morgan fingerprint density at radius 1 is 0.400 bits per heavy atom. The second-order valence-corrected chi connectivity index (χ2v) is 13.8. The summed E-state index contributed by atoms with van der Waals surface area (Å²) >= 11 is 0. The molecule has 3 nitrogen and oxygen atoms in total. The Morgan fingerprint density at radius 3 is 1.71 bits per heavy atom. The van der Waals surface area contributed by atoms with Gasteiger partial charge in [0.1, 0.15) is 11.2 Å². The van der Waals surface area contributed by atoms with Gasteiger partial charge in [-0.25, -0.2) is 0 Å². The number of benzene rings is 8. The van der Waals surface area contributed by atoms with Crippen LogP contribution in [0, 0.1) is 0 Å². The Labute approximate surface area is 320 Å². The lowest BCUT2D eigenvalue weighted by Crippen LogP contribution is -2.09. The van der Waals surface area contributed by atoms with Crippen molar-refractivity contribution in [2.24, 2.45) is 0 Å². The Hall–Kier alpha value is -7.36. The summed E-state index contributed by atoms with van der Waals surface area (Å²) in [6.07, 6.45) is 4.42. The molecule has 10 aromatic rings. The number of furan rings is 1. The van der Waals surface area contributed by atoms with E-state index in [2.05, 4.69) is 216 Å². The van der Waals surface area contributed by atoms with Crippen LogP contribution in [0.3, 0.4) is 0 Å². The molecule has 0 bridgehead atoms. The molecule has 0 aliphatic carbocycles. The standard InChI is InChI=1S/C52H36N2O/c1-5-15-39(16-6-1)51-47-35-38(29-33-48(47)54(42-21-11-4-12-22-42)52(51)40-17-7-2-8-18-40)26-25-37-27-30-43(31-28-37)53(41-19-9-3-10-20-41)44-32-34-50-46(36-44)45-23-13-14-24-49(45)55-50/h1-36H. The minimum atomic E-state index is 0.889. The average molecular weight is 705 g/mol. The van der Waals surface area contributed by atoms with Crippen LogP contribution in [0.1, 0.15) is 11.1 Å². The van der Waals surface area contributed by atoms with E-state index < -0.39 is 0 Å². The third kappa shape index (κ3) is 5.98. The smallest absolute Gasteiger partial charge is 0.135 e. The van der Waals surface area contributed by atoms with E-state index in [1.807, 2.05) is 12.1 Å². The zero-order chi connectivity index (χ0) is 36.6. The van der Waals surface area contributed by atoms with E-state index in [-0.39, 0.29) is 0 Å². The predicted octanol–water partition coefficient (Wildman–Crippen LogP) is 14.5. The van der Waals surface area contributed by atoms with E-state index in [0.29, 0.717) is 0 Å². The van der Waals surface area contributed by atoms with Crippen molar-refractivity contribution in [2.75, 3.05) is 4.90 Å². The molecule has 0 amide bonds. The monoisotopic (exact) mass is 704 g/mol. The van der Waals surface area contributed by atoms with Gasteiger partial charge in [-0.1, -0.05) is 146 Å². The molecular weight excluding hydrogens is 669 g/mol. The molecule has 0 fully saturated rings. The predicted molar refractivity (Wildman–Crippen MR) is 231 cm³/mol. The largest absolute Gasteiger partial charge is 0.456 e.